The largest absolute Gasteiger partial charge is 0.391 e. The summed E-state index contributed by atoms with van der Waals surface area (Å²) < 4.78 is 27.3. The number of amides is 1. The molecule has 1 aromatic carbocycles. The first kappa shape index (κ1) is 14.2. The Kier molecular flexibility index (Phi) is 3.73. The Balaban J connectivity index is 1.96. The third kappa shape index (κ3) is 2.69. The van der Waals surface area contributed by atoms with E-state index >= 15 is 0 Å². The van der Waals surface area contributed by atoms with Crippen LogP contribution in [-0.4, -0.2) is 28.6 Å². The summed E-state index contributed by atoms with van der Waals surface area (Å²) in [4.78, 5) is 13.8. The maximum Gasteiger partial charge on any atom is 0.255 e. The van der Waals surface area contributed by atoms with Crippen molar-refractivity contribution in [2.45, 2.75) is 18.6 Å². The van der Waals surface area contributed by atoms with Gasteiger partial charge in [-0.3, -0.25) is 4.79 Å². The molecule has 3 nitrogen and oxygen atoms in total. The number of rotatable bonds is 2. The van der Waals surface area contributed by atoms with Gasteiger partial charge >= 0.3 is 0 Å². The van der Waals surface area contributed by atoms with Gasteiger partial charge in [0.05, 0.1) is 17.7 Å². The Labute approximate surface area is 124 Å². The van der Waals surface area contributed by atoms with Gasteiger partial charge < -0.3 is 10.0 Å². The highest BCUT2D eigenvalue weighted by Gasteiger charge is 2.37. The second-order valence-corrected chi connectivity index (χ2v) is 5.82. The number of aliphatic hydroxyl groups excluding tert-OH is 1. The molecule has 1 aromatic heterocycles. The molecule has 1 fully saturated rings. The van der Waals surface area contributed by atoms with Gasteiger partial charge in [-0.05, 0) is 36.1 Å². The molecule has 0 radical (unpaired) electrons. The Morgan fingerprint density at radius 2 is 2.14 bits per heavy atom. The lowest BCUT2D eigenvalue weighted by molar-refractivity contribution is 0.0714. The highest BCUT2D eigenvalue weighted by atomic mass is 32.1. The summed E-state index contributed by atoms with van der Waals surface area (Å²) in [5, 5.41) is 13.3. The maximum atomic E-state index is 13.9. The number of likely N-dealkylation sites (tertiary alicyclic amines) is 1. The molecule has 2 atom stereocenters. The van der Waals surface area contributed by atoms with Crippen LogP contribution in [0.25, 0.3) is 0 Å². The fourth-order valence-electron chi connectivity index (χ4n) is 2.66. The molecule has 2 heterocycles. The van der Waals surface area contributed by atoms with Crippen LogP contribution in [0.3, 0.4) is 0 Å². The van der Waals surface area contributed by atoms with E-state index in [0.29, 0.717) is 5.56 Å². The molecule has 2 aromatic rings. The first-order valence-corrected chi connectivity index (χ1v) is 7.46. The molecule has 6 heteroatoms. The number of hydrogen-bond acceptors (Lipinski definition) is 3. The van der Waals surface area contributed by atoms with Crippen molar-refractivity contribution in [3.63, 3.8) is 0 Å². The molecule has 0 bridgehead atoms. The lowest BCUT2D eigenvalue weighted by atomic mass is 10.0. The maximum absolute atomic E-state index is 13.9. The van der Waals surface area contributed by atoms with Gasteiger partial charge in [0.15, 0.2) is 0 Å². The number of carbonyl (C=O) groups excluding carboxylic acids is 1. The van der Waals surface area contributed by atoms with E-state index in [9.17, 15) is 18.7 Å². The molecule has 3 rings (SSSR count). The first-order valence-electron chi connectivity index (χ1n) is 6.52. The van der Waals surface area contributed by atoms with Crippen LogP contribution in [-0.2, 0) is 0 Å². The second kappa shape index (κ2) is 5.54. The molecular weight excluding hydrogens is 296 g/mol. The van der Waals surface area contributed by atoms with Gasteiger partial charge in [0.2, 0.25) is 0 Å². The number of halogens is 2. The van der Waals surface area contributed by atoms with Crippen LogP contribution in [0.1, 0.15) is 28.4 Å². The number of β-amino-alcohol motifs (C(OH)–C–C–N with tert-alkyl or cyclic N) is 1. The van der Waals surface area contributed by atoms with Crippen LogP contribution >= 0.6 is 11.3 Å². The molecule has 0 aliphatic carbocycles. The van der Waals surface area contributed by atoms with E-state index in [1.807, 2.05) is 0 Å². The lowest BCUT2D eigenvalue weighted by Crippen LogP contribution is -2.31. The van der Waals surface area contributed by atoms with E-state index < -0.39 is 23.8 Å². The van der Waals surface area contributed by atoms with E-state index in [1.54, 1.807) is 16.8 Å². The van der Waals surface area contributed by atoms with Crippen molar-refractivity contribution in [1.82, 2.24) is 4.90 Å². The minimum atomic E-state index is -0.736. The number of hydrogen-bond donors (Lipinski definition) is 1. The van der Waals surface area contributed by atoms with Crippen molar-refractivity contribution in [3.8, 4) is 0 Å². The van der Waals surface area contributed by atoms with Crippen LogP contribution < -0.4 is 0 Å². The Morgan fingerprint density at radius 3 is 2.86 bits per heavy atom. The number of nitrogens with zero attached hydrogens (tertiary/aromatic N) is 1. The highest BCUT2D eigenvalue weighted by molar-refractivity contribution is 7.08. The monoisotopic (exact) mass is 309 g/mol. The second-order valence-electron chi connectivity index (χ2n) is 5.04. The SMILES string of the molecule is O=C(c1ccsc1)N1CC(O)CC1c1cc(F)ccc1F. The van der Waals surface area contributed by atoms with Gasteiger partial charge in [0, 0.05) is 17.5 Å². The summed E-state index contributed by atoms with van der Waals surface area (Å²) in [5.74, 6) is -1.41. The fourth-order valence-corrected chi connectivity index (χ4v) is 3.28. The van der Waals surface area contributed by atoms with Crippen molar-refractivity contribution in [3.05, 3.63) is 57.8 Å². The third-order valence-electron chi connectivity index (χ3n) is 3.63. The standard InChI is InChI=1S/C15H13F2NO2S/c16-10-1-2-13(17)12(5-10)14-6-11(19)7-18(14)15(20)9-3-4-21-8-9/h1-5,8,11,14,19H,6-7H2. The van der Waals surface area contributed by atoms with Crippen LogP contribution in [0.2, 0.25) is 0 Å². The van der Waals surface area contributed by atoms with Gasteiger partial charge in [-0.15, -0.1) is 0 Å². The van der Waals surface area contributed by atoms with E-state index in [-0.39, 0.29) is 24.4 Å². The minimum Gasteiger partial charge on any atom is -0.391 e. The zero-order valence-corrected chi connectivity index (χ0v) is 11.8. The van der Waals surface area contributed by atoms with Crippen molar-refractivity contribution < 1.29 is 18.7 Å². The van der Waals surface area contributed by atoms with Gasteiger partial charge in [-0.1, -0.05) is 0 Å². The molecule has 0 spiro atoms. The first-order chi connectivity index (χ1) is 10.1. The van der Waals surface area contributed by atoms with Crippen LogP contribution in [0, 0.1) is 11.6 Å². The summed E-state index contributed by atoms with van der Waals surface area (Å²) in [7, 11) is 0. The summed E-state index contributed by atoms with van der Waals surface area (Å²) in [6.07, 6.45) is -0.531. The summed E-state index contributed by atoms with van der Waals surface area (Å²) in [6, 6.07) is 4.20. The van der Waals surface area contributed by atoms with E-state index in [4.69, 9.17) is 0 Å². The topological polar surface area (TPSA) is 40.5 Å². The average molecular weight is 309 g/mol. The van der Waals surface area contributed by atoms with Gasteiger partial charge in [0.25, 0.3) is 5.91 Å². The number of benzene rings is 1. The molecule has 1 aliphatic rings. The normalized spacial score (nSPS) is 21.8. The molecule has 1 saturated heterocycles. The molecule has 1 aliphatic heterocycles. The van der Waals surface area contributed by atoms with Crippen molar-refractivity contribution >= 4 is 17.2 Å². The summed E-state index contributed by atoms with van der Waals surface area (Å²) >= 11 is 1.39. The van der Waals surface area contributed by atoms with Gasteiger partial charge in [-0.25, -0.2) is 8.78 Å². The molecule has 1 N–H and O–H groups in total. The van der Waals surface area contributed by atoms with Crippen molar-refractivity contribution in [2.75, 3.05) is 6.54 Å². The predicted octanol–water partition coefficient (Wildman–Crippen LogP) is 2.97. The molecule has 110 valence electrons. The summed E-state index contributed by atoms with van der Waals surface area (Å²) in [6.45, 7) is 0.120. The Bertz CT molecular complexity index is 660. The third-order valence-corrected chi connectivity index (χ3v) is 4.31. The Morgan fingerprint density at radius 1 is 1.33 bits per heavy atom. The molecule has 0 saturated carbocycles. The van der Waals surface area contributed by atoms with Crippen LogP contribution in [0.5, 0.6) is 0 Å². The zero-order valence-electron chi connectivity index (χ0n) is 11.0. The smallest absolute Gasteiger partial charge is 0.255 e. The minimum absolute atomic E-state index is 0.107. The predicted molar refractivity (Wildman–Crippen MR) is 75.1 cm³/mol. The number of carbonyl (C=O) groups is 1. The fraction of sp³-hybridized carbons (Fsp3) is 0.267. The van der Waals surface area contributed by atoms with E-state index in [2.05, 4.69) is 0 Å². The molecule has 21 heavy (non-hydrogen) atoms. The highest BCUT2D eigenvalue weighted by Crippen LogP contribution is 2.35. The average Bonchev–Trinajstić information content (AvgIpc) is 3.10. The lowest BCUT2D eigenvalue weighted by Gasteiger charge is -2.24. The van der Waals surface area contributed by atoms with Gasteiger partial charge in [-0.2, -0.15) is 11.3 Å². The van der Waals surface area contributed by atoms with Crippen LogP contribution in [0.15, 0.2) is 35.0 Å². The number of aliphatic hydroxyl groups is 1. The molecule has 1 amide bonds. The quantitative estimate of drug-likeness (QED) is 0.926. The molecule has 2 unspecified atom stereocenters. The van der Waals surface area contributed by atoms with Crippen molar-refractivity contribution in [2.24, 2.45) is 0 Å². The molecular formula is C15H13F2NO2S. The van der Waals surface area contributed by atoms with Crippen LogP contribution in [0.4, 0.5) is 8.78 Å². The van der Waals surface area contributed by atoms with E-state index in [1.165, 1.54) is 16.2 Å². The zero-order chi connectivity index (χ0) is 15.0. The Hall–Kier alpha value is -1.79. The van der Waals surface area contributed by atoms with E-state index in [0.717, 1.165) is 18.2 Å². The number of thiophene rings is 1. The van der Waals surface area contributed by atoms with Crippen molar-refractivity contribution in [1.29, 1.82) is 0 Å². The summed E-state index contributed by atoms with van der Waals surface area (Å²) in [5.41, 5.74) is 0.603. The van der Waals surface area contributed by atoms with Gasteiger partial charge in [0.1, 0.15) is 11.6 Å².